The number of carbonyl (C=O) groups excluding carboxylic acids is 1. The van der Waals surface area contributed by atoms with E-state index in [0.717, 1.165) is 26.3 Å². The van der Waals surface area contributed by atoms with E-state index in [1.807, 2.05) is 0 Å². The third-order valence-electron chi connectivity index (χ3n) is 4.80. The van der Waals surface area contributed by atoms with Crippen molar-refractivity contribution in [2.75, 3.05) is 32.8 Å². The predicted octanol–water partition coefficient (Wildman–Crippen LogP) is 2.82. The zero-order valence-electron chi connectivity index (χ0n) is 13.1. The second-order valence-electron chi connectivity index (χ2n) is 6.34. The summed E-state index contributed by atoms with van der Waals surface area (Å²) in [5.74, 6) is 0.838. The minimum Gasteiger partial charge on any atom is -0.379 e. The van der Waals surface area contributed by atoms with E-state index in [9.17, 15) is 4.79 Å². The summed E-state index contributed by atoms with van der Waals surface area (Å²) in [6, 6.07) is 4.55. The van der Waals surface area contributed by atoms with E-state index < -0.39 is 0 Å². The zero-order valence-corrected chi connectivity index (χ0v) is 13.9. The van der Waals surface area contributed by atoms with Gasteiger partial charge in [0.15, 0.2) is 0 Å². The van der Waals surface area contributed by atoms with Gasteiger partial charge in [-0.1, -0.05) is 18.9 Å². The summed E-state index contributed by atoms with van der Waals surface area (Å²) in [5.41, 5.74) is 0. The van der Waals surface area contributed by atoms with E-state index in [2.05, 4.69) is 27.7 Å². The molecule has 4 nitrogen and oxygen atoms in total. The standard InChI is InChI=1S/C17H26N2O2S/c20-17(12-14-4-1-2-5-14)18-13-15(16-6-3-11-22-16)19-7-9-21-10-8-19/h3,6,11,14-15H,1-2,4-5,7-10,12-13H2,(H,18,20). The Hall–Kier alpha value is -0.910. The van der Waals surface area contributed by atoms with E-state index in [-0.39, 0.29) is 11.9 Å². The first-order chi connectivity index (χ1) is 10.8. The third kappa shape index (κ3) is 4.31. The lowest BCUT2D eigenvalue weighted by atomic mass is 10.0. The fourth-order valence-corrected chi connectivity index (χ4v) is 4.40. The van der Waals surface area contributed by atoms with Crippen molar-refractivity contribution < 1.29 is 9.53 Å². The summed E-state index contributed by atoms with van der Waals surface area (Å²) in [4.78, 5) is 16.0. The van der Waals surface area contributed by atoms with Crippen LogP contribution in [-0.4, -0.2) is 43.7 Å². The molecule has 0 bridgehead atoms. The highest BCUT2D eigenvalue weighted by Gasteiger charge is 2.25. The van der Waals surface area contributed by atoms with Gasteiger partial charge in [-0.15, -0.1) is 11.3 Å². The smallest absolute Gasteiger partial charge is 0.220 e. The Labute approximate surface area is 136 Å². The van der Waals surface area contributed by atoms with Crippen molar-refractivity contribution in [2.45, 2.75) is 38.1 Å². The van der Waals surface area contributed by atoms with Crippen molar-refractivity contribution in [1.29, 1.82) is 0 Å². The molecule has 1 aliphatic carbocycles. The monoisotopic (exact) mass is 322 g/mol. The normalized spacial score (nSPS) is 21.8. The average Bonchev–Trinajstić information content (AvgIpc) is 3.22. The summed E-state index contributed by atoms with van der Waals surface area (Å²) < 4.78 is 5.46. The van der Waals surface area contributed by atoms with E-state index in [1.165, 1.54) is 30.6 Å². The number of amides is 1. The first-order valence-electron chi connectivity index (χ1n) is 8.45. The van der Waals surface area contributed by atoms with Gasteiger partial charge in [-0.3, -0.25) is 9.69 Å². The molecule has 1 unspecified atom stereocenters. The van der Waals surface area contributed by atoms with Crippen molar-refractivity contribution in [3.8, 4) is 0 Å². The Morgan fingerprint density at radius 1 is 1.36 bits per heavy atom. The molecule has 3 rings (SSSR count). The van der Waals surface area contributed by atoms with Gasteiger partial charge in [0.1, 0.15) is 0 Å². The molecule has 1 aliphatic heterocycles. The summed E-state index contributed by atoms with van der Waals surface area (Å²) in [7, 11) is 0. The van der Waals surface area contributed by atoms with E-state index in [1.54, 1.807) is 11.3 Å². The Morgan fingerprint density at radius 2 is 2.14 bits per heavy atom. The lowest BCUT2D eigenvalue weighted by Crippen LogP contribution is -2.43. The molecule has 22 heavy (non-hydrogen) atoms. The van der Waals surface area contributed by atoms with Gasteiger partial charge in [0.2, 0.25) is 5.91 Å². The van der Waals surface area contributed by atoms with Crippen LogP contribution in [0.4, 0.5) is 0 Å². The molecule has 1 aromatic rings. The number of carbonyl (C=O) groups is 1. The molecular formula is C17H26N2O2S. The Morgan fingerprint density at radius 3 is 2.82 bits per heavy atom. The lowest BCUT2D eigenvalue weighted by Gasteiger charge is -2.34. The Kier molecular flexibility index (Phi) is 5.87. The van der Waals surface area contributed by atoms with Gasteiger partial charge < -0.3 is 10.1 Å². The highest BCUT2D eigenvalue weighted by Crippen LogP contribution is 2.28. The van der Waals surface area contributed by atoms with Crippen molar-refractivity contribution in [2.24, 2.45) is 5.92 Å². The summed E-state index contributed by atoms with van der Waals surface area (Å²) >= 11 is 1.78. The maximum absolute atomic E-state index is 12.2. The van der Waals surface area contributed by atoms with Crippen LogP contribution in [0.25, 0.3) is 0 Å². The molecule has 1 N–H and O–H groups in total. The van der Waals surface area contributed by atoms with Crippen LogP contribution in [0.1, 0.15) is 43.0 Å². The molecule has 1 amide bonds. The minimum atomic E-state index is 0.224. The van der Waals surface area contributed by atoms with Crippen molar-refractivity contribution in [1.82, 2.24) is 10.2 Å². The van der Waals surface area contributed by atoms with Gasteiger partial charge in [-0.25, -0.2) is 0 Å². The van der Waals surface area contributed by atoms with Crippen LogP contribution in [0, 0.1) is 5.92 Å². The Bertz CT molecular complexity index is 451. The maximum Gasteiger partial charge on any atom is 0.220 e. The van der Waals surface area contributed by atoms with Crippen LogP contribution in [0.5, 0.6) is 0 Å². The van der Waals surface area contributed by atoms with Gasteiger partial charge in [0.05, 0.1) is 19.3 Å². The van der Waals surface area contributed by atoms with Crippen LogP contribution >= 0.6 is 11.3 Å². The molecule has 2 heterocycles. The molecule has 2 aliphatic rings. The number of thiophene rings is 1. The molecule has 0 spiro atoms. The van der Waals surface area contributed by atoms with Gasteiger partial charge >= 0.3 is 0 Å². The van der Waals surface area contributed by atoms with Crippen LogP contribution in [0.15, 0.2) is 17.5 Å². The topological polar surface area (TPSA) is 41.6 Å². The Balaban J connectivity index is 1.54. The fourth-order valence-electron chi connectivity index (χ4n) is 3.54. The summed E-state index contributed by atoms with van der Waals surface area (Å²) in [6.45, 7) is 4.18. The third-order valence-corrected chi connectivity index (χ3v) is 5.77. The van der Waals surface area contributed by atoms with Crippen LogP contribution in [0.2, 0.25) is 0 Å². The summed E-state index contributed by atoms with van der Waals surface area (Å²) in [5, 5.41) is 5.29. The highest BCUT2D eigenvalue weighted by atomic mass is 32.1. The number of rotatable bonds is 6. The van der Waals surface area contributed by atoms with Gasteiger partial charge in [-0.05, 0) is 30.2 Å². The van der Waals surface area contributed by atoms with Gasteiger partial charge in [0, 0.05) is 30.9 Å². The van der Waals surface area contributed by atoms with Crippen molar-refractivity contribution in [3.05, 3.63) is 22.4 Å². The minimum absolute atomic E-state index is 0.224. The average molecular weight is 322 g/mol. The number of morpholine rings is 1. The highest BCUT2D eigenvalue weighted by molar-refractivity contribution is 7.10. The molecule has 0 aromatic carbocycles. The molecule has 2 fully saturated rings. The molecule has 1 aromatic heterocycles. The lowest BCUT2D eigenvalue weighted by molar-refractivity contribution is -0.122. The molecule has 5 heteroatoms. The first kappa shape index (κ1) is 16.0. The molecule has 0 radical (unpaired) electrons. The molecule has 1 saturated heterocycles. The SMILES string of the molecule is O=C(CC1CCCC1)NCC(c1cccs1)N1CCOCC1. The van der Waals surface area contributed by atoms with E-state index in [4.69, 9.17) is 4.74 Å². The summed E-state index contributed by atoms with van der Waals surface area (Å²) in [6.07, 6.45) is 5.75. The van der Waals surface area contributed by atoms with Gasteiger partial charge in [0.25, 0.3) is 0 Å². The van der Waals surface area contributed by atoms with Crippen LogP contribution < -0.4 is 5.32 Å². The largest absolute Gasteiger partial charge is 0.379 e. The van der Waals surface area contributed by atoms with E-state index >= 15 is 0 Å². The molecule has 122 valence electrons. The second kappa shape index (κ2) is 8.09. The van der Waals surface area contributed by atoms with Crippen molar-refractivity contribution in [3.63, 3.8) is 0 Å². The first-order valence-corrected chi connectivity index (χ1v) is 9.33. The van der Waals surface area contributed by atoms with Gasteiger partial charge in [-0.2, -0.15) is 0 Å². The number of hydrogen-bond acceptors (Lipinski definition) is 4. The van der Waals surface area contributed by atoms with E-state index in [0.29, 0.717) is 18.9 Å². The quantitative estimate of drug-likeness (QED) is 0.875. The fraction of sp³-hybridized carbons (Fsp3) is 0.706. The molecule has 1 saturated carbocycles. The maximum atomic E-state index is 12.2. The van der Waals surface area contributed by atoms with Crippen LogP contribution in [0.3, 0.4) is 0 Å². The number of nitrogens with zero attached hydrogens (tertiary/aromatic N) is 1. The number of nitrogens with one attached hydrogen (secondary N) is 1. The van der Waals surface area contributed by atoms with Crippen LogP contribution in [-0.2, 0) is 9.53 Å². The number of hydrogen-bond donors (Lipinski definition) is 1. The number of ether oxygens (including phenoxy) is 1. The second-order valence-corrected chi connectivity index (χ2v) is 7.32. The molecule has 1 atom stereocenters. The predicted molar refractivity (Wildman–Crippen MR) is 89.0 cm³/mol. The van der Waals surface area contributed by atoms with Crippen molar-refractivity contribution >= 4 is 17.2 Å². The zero-order chi connectivity index (χ0) is 15.2. The molecular weight excluding hydrogens is 296 g/mol.